The molecule has 1 aromatic carbocycles. The van der Waals surface area contributed by atoms with E-state index in [0.717, 1.165) is 0 Å². The van der Waals surface area contributed by atoms with Crippen LogP contribution in [0.1, 0.15) is 6.92 Å². The van der Waals surface area contributed by atoms with Crippen LogP contribution >= 0.6 is 0 Å². The molecule has 0 amide bonds. The van der Waals surface area contributed by atoms with Gasteiger partial charge in [0.1, 0.15) is 12.0 Å². The average Bonchev–Trinajstić information content (AvgIpc) is 2.55. The molecule has 0 atom stereocenters. The molecule has 0 fully saturated rings. The zero-order valence-electron chi connectivity index (χ0n) is 12.7. The lowest BCUT2D eigenvalue weighted by Crippen LogP contribution is -2.28. The first-order valence-corrected chi connectivity index (χ1v) is 6.98. The van der Waals surface area contributed by atoms with E-state index in [9.17, 15) is 0 Å². The number of nitrogen functional groups attached to an aromatic ring is 1. The van der Waals surface area contributed by atoms with Gasteiger partial charge in [-0.15, -0.1) is 0 Å². The molecule has 0 aliphatic rings. The van der Waals surface area contributed by atoms with Crippen molar-refractivity contribution in [2.24, 2.45) is 0 Å². The first-order chi connectivity index (χ1) is 10.7. The van der Waals surface area contributed by atoms with E-state index in [0.29, 0.717) is 36.1 Å². The minimum atomic E-state index is 0.0139. The first kappa shape index (κ1) is 15.8. The van der Waals surface area contributed by atoms with Crippen LogP contribution in [-0.2, 0) is 0 Å². The molecule has 0 aliphatic carbocycles. The number of ether oxygens (including phenoxy) is 2. The maximum absolute atomic E-state index is 9.12. The van der Waals surface area contributed by atoms with Crippen LogP contribution < -0.4 is 20.1 Å². The Kier molecular flexibility index (Phi) is 5.37. The third-order valence-electron chi connectivity index (χ3n) is 3.15. The summed E-state index contributed by atoms with van der Waals surface area (Å²) in [7, 11) is 1.57. The average molecular weight is 304 g/mol. The fraction of sp³-hybridized carbons (Fsp3) is 0.333. The molecule has 0 spiro atoms. The van der Waals surface area contributed by atoms with Gasteiger partial charge in [0, 0.05) is 13.1 Å². The number of benzene rings is 1. The molecular weight excluding hydrogens is 284 g/mol. The second-order valence-electron chi connectivity index (χ2n) is 4.47. The summed E-state index contributed by atoms with van der Waals surface area (Å²) in [6.07, 6.45) is 1.39. The minimum Gasteiger partial charge on any atom is -0.493 e. The summed E-state index contributed by atoms with van der Waals surface area (Å²) in [5.74, 6) is 1.90. The SMILES string of the molecule is CCN(CCO)c1ncnc(Oc2ccccc2OC)c1N. The van der Waals surface area contributed by atoms with Crippen molar-refractivity contribution in [3.05, 3.63) is 30.6 Å². The zero-order chi connectivity index (χ0) is 15.9. The van der Waals surface area contributed by atoms with Crippen molar-refractivity contribution in [1.29, 1.82) is 0 Å². The lowest BCUT2D eigenvalue weighted by atomic mass is 10.3. The van der Waals surface area contributed by atoms with Gasteiger partial charge in [-0.1, -0.05) is 12.1 Å². The molecule has 22 heavy (non-hydrogen) atoms. The van der Waals surface area contributed by atoms with Crippen molar-refractivity contribution in [1.82, 2.24) is 9.97 Å². The van der Waals surface area contributed by atoms with E-state index in [-0.39, 0.29) is 12.5 Å². The second kappa shape index (κ2) is 7.46. The van der Waals surface area contributed by atoms with Gasteiger partial charge in [-0.3, -0.25) is 0 Å². The predicted molar refractivity (Wildman–Crippen MR) is 84.5 cm³/mol. The number of nitrogens with zero attached hydrogens (tertiary/aromatic N) is 3. The molecular formula is C15H20N4O3. The van der Waals surface area contributed by atoms with E-state index in [2.05, 4.69) is 9.97 Å². The fourth-order valence-electron chi connectivity index (χ4n) is 2.05. The number of anilines is 2. The molecule has 7 nitrogen and oxygen atoms in total. The number of rotatable bonds is 7. The third kappa shape index (κ3) is 3.37. The monoisotopic (exact) mass is 304 g/mol. The number of hydrogen-bond donors (Lipinski definition) is 2. The Morgan fingerprint density at radius 1 is 1.23 bits per heavy atom. The Hall–Kier alpha value is -2.54. The highest BCUT2D eigenvalue weighted by Gasteiger charge is 2.16. The standard InChI is InChI=1S/C15H20N4O3/c1-3-19(8-9-20)14-13(16)15(18-10-17-14)22-12-7-5-4-6-11(12)21-2/h4-7,10,20H,3,8-9,16H2,1-2H3. The Bertz CT molecular complexity index is 621. The summed E-state index contributed by atoms with van der Waals surface area (Å²) < 4.78 is 11.0. The summed E-state index contributed by atoms with van der Waals surface area (Å²) in [5, 5.41) is 9.12. The topological polar surface area (TPSA) is 93.7 Å². The Morgan fingerprint density at radius 2 is 1.95 bits per heavy atom. The van der Waals surface area contributed by atoms with Gasteiger partial charge in [0.2, 0.25) is 5.88 Å². The molecule has 0 bridgehead atoms. The number of nitrogens with two attached hydrogens (primary N) is 1. The summed E-state index contributed by atoms with van der Waals surface area (Å²) in [4.78, 5) is 10.1. The van der Waals surface area contributed by atoms with E-state index in [1.54, 1.807) is 19.2 Å². The highest BCUT2D eigenvalue weighted by Crippen LogP contribution is 2.35. The Morgan fingerprint density at radius 3 is 2.59 bits per heavy atom. The van der Waals surface area contributed by atoms with Crippen LogP contribution in [0.2, 0.25) is 0 Å². The van der Waals surface area contributed by atoms with Gasteiger partial charge in [-0.25, -0.2) is 4.98 Å². The van der Waals surface area contributed by atoms with E-state index in [1.165, 1.54) is 6.33 Å². The van der Waals surface area contributed by atoms with Gasteiger partial charge < -0.3 is 25.2 Å². The molecule has 1 heterocycles. The van der Waals surface area contributed by atoms with Crippen molar-refractivity contribution < 1.29 is 14.6 Å². The molecule has 7 heteroatoms. The highest BCUT2D eigenvalue weighted by atomic mass is 16.5. The number of aliphatic hydroxyl groups excluding tert-OH is 1. The molecule has 1 aromatic heterocycles. The van der Waals surface area contributed by atoms with Crippen LogP contribution in [0.25, 0.3) is 0 Å². The number of aromatic nitrogens is 2. The molecule has 0 aliphatic heterocycles. The molecule has 118 valence electrons. The van der Waals surface area contributed by atoms with E-state index in [4.69, 9.17) is 20.3 Å². The quantitative estimate of drug-likeness (QED) is 0.803. The molecule has 0 saturated heterocycles. The van der Waals surface area contributed by atoms with Gasteiger partial charge in [-0.05, 0) is 19.1 Å². The van der Waals surface area contributed by atoms with Crippen molar-refractivity contribution in [3.8, 4) is 17.4 Å². The lowest BCUT2D eigenvalue weighted by molar-refractivity contribution is 0.302. The van der Waals surface area contributed by atoms with Crippen molar-refractivity contribution in [3.63, 3.8) is 0 Å². The summed E-state index contributed by atoms with van der Waals surface area (Å²) >= 11 is 0. The first-order valence-electron chi connectivity index (χ1n) is 6.98. The summed E-state index contributed by atoms with van der Waals surface area (Å²) in [5.41, 5.74) is 6.44. The van der Waals surface area contributed by atoms with E-state index in [1.807, 2.05) is 24.0 Å². The van der Waals surface area contributed by atoms with Gasteiger partial charge >= 0.3 is 0 Å². The fourth-order valence-corrected chi connectivity index (χ4v) is 2.05. The smallest absolute Gasteiger partial charge is 0.248 e. The van der Waals surface area contributed by atoms with E-state index < -0.39 is 0 Å². The minimum absolute atomic E-state index is 0.0139. The van der Waals surface area contributed by atoms with Crippen LogP contribution in [0.5, 0.6) is 17.4 Å². The molecule has 0 unspecified atom stereocenters. The van der Waals surface area contributed by atoms with Gasteiger partial charge in [-0.2, -0.15) is 4.98 Å². The molecule has 2 aromatic rings. The maximum atomic E-state index is 9.12. The highest BCUT2D eigenvalue weighted by molar-refractivity contribution is 5.68. The van der Waals surface area contributed by atoms with Crippen molar-refractivity contribution >= 4 is 11.5 Å². The van der Waals surface area contributed by atoms with Gasteiger partial charge in [0.05, 0.1) is 13.7 Å². The molecule has 0 radical (unpaired) electrons. The Labute approximate surface area is 129 Å². The van der Waals surface area contributed by atoms with Crippen LogP contribution in [0.15, 0.2) is 30.6 Å². The second-order valence-corrected chi connectivity index (χ2v) is 4.47. The zero-order valence-corrected chi connectivity index (χ0v) is 12.7. The van der Waals surface area contributed by atoms with Gasteiger partial charge in [0.25, 0.3) is 0 Å². The number of para-hydroxylation sites is 2. The van der Waals surface area contributed by atoms with Crippen LogP contribution in [0.3, 0.4) is 0 Å². The van der Waals surface area contributed by atoms with Crippen LogP contribution in [0, 0.1) is 0 Å². The maximum Gasteiger partial charge on any atom is 0.248 e. The third-order valence-corrected chi connectivity index (χ3v) is 3.15. The van der Waals surface area contributed by atoms with Crippen molar-refractivity contribution in [2.75, 3.05) is 37.4 Å². The normalized spacial score (nSPS) is 10.3. The largest absolute Gasteiger partial charge is 0.493 e. The molecule has 0 saturated carbocycles. The number of aliphatic hydroxyl groups is 1. The molecule has 3 N–H and O–H groups in total. The van der Waals surface area contributed by atoms with Crippen molar-refractivity contribution in [2.45, 2.75) is 6.92 Å². The summed E-state index contributed by atoms with van der Waals surface area (Å²) in [6, 6.07) is 7.24. The summed E-state index contributed by atoms with van der Waals surface area (Å²) in [6.45, 7) is 3.07. The lowest BCUT2D eigenvalue weighted by Gasteiger charge is -2.22. The number of likely N-dealkylation sites (N-methyl/N-ethyl adjacent to an activating group) is 1. The van der Waals surface area contributed by atoms with E-state index >= 15 is 0 Å². The van der Waals surface area contributed by atoms with Crippen LogP contribution in [-0.4, -0.2) is 41.9 Å². The number of hydrogen-bond acceptors (Lipinski definition) is 7. The predicted octanol–water partition coefficient (Wildman–Crippen LogP) is 1.68. The van der Waals surface area contributed by atoms with Gasteiger partial charge in [0.15, 0.2) is 17.3 Å². The molecule has 2 rings (SSSR count). The van der Waals surface area contributed by atoms with Crippen LogP contribution in [0.4, 0.5) is 11.5 Å². The Balaban J connectivity index is 2.32. The number of methoxy groups -OCH3 is 1.